The standard InChI is InChI=1S/C6H6N2O2/c9-6-4-3-7-2-1-5(4)10-8-6/h3H,1-2H2,(H,8,9). The van der Waals surface area contributed by atoms with Crippen molar-refractivity contribution in [3.05, 3.63) is 21.7 Å². The van der Waals surface area contributed by atoms with Gasteiger partial charge in [-0.05, 0) is 0 Å². The summed E-state index contributed by atoms with van der Waals surface area (Å²) < 4.78 is 4.86. The molecule has 0 bridgehead atoms. The van der Waals surface area contributed by atoms with Crippen LogP contribution in [0.1, 0.15) is 11.3 Å². The molecule has 0 radical (unpaired) electrons. The van der Waals surface area contributed by atoms with Gasteiger partial charge in [0.1, 0.15) is 11.3 Å². The molecule has 0 aromatic carbocycles. The molecule has 0 saturated heterocycles. The second-order valence-corrected chi connectivity index (χ2v) is 2.16. The van der Waals surface area contributed by atoms with Crippen molar-refractivity contribution in [2.24, 2.45) is 4.99 Å². The molecule has 1 N–H and O–H groups in total. The van der Waals surface area contributed by atoms with Crippen LogP contribution in [0, 0.1) is 0 Å². The first-order valence-corrected chi connectivity index (χ1v) is 3.08. The summed E-state index contributed by atoms with van der Waals surface area (Å²) in [5.41, 5.74) is 0.393. The van der Waals surface area contributed by atoms with Crippen LogP contribution in [0.3, 0.4) is 0 Å². The van der Waals surface area contributed by atoms with Crippen LogP contribution in [0.25, 0.3) is 0 Å². The molecule has 0 saturated carbocycles. The van der Waals surface area contributed by atoms with Gasteiger partial charge < -0.3 is 4.52 Å². The van der Waals surface area contributed by atoms with E-state index in [4.69, 9.17) is 4.52 Å². The minimum absolute atomic E-state index is 0.182. The monoisotopic (exact) mass is 138 g/mol. The lowest BCUT2D eigenvalue weighted by atomic mass is 10.2. The van der Waals surface area contributed by atoms with E-state index in [0.29, 0.717) is 12.1 Å². The predicted octanol–water partition coefficient (Wildman–Crippen LogP) is -0.0571. The molecule has 0 aliphatic carbocycles. The van der Waals surface area contributed by atoms with E-state index in [0.717, 1.165) is 12.2 Å². The highest BCUT2D eigenvalue weighted by Gasteiger charge is 2.12. The van der Waals surface area contributed by atoms with E-state index < -0.39 is 0 Å². The first-order chi connectivity index (χ1) is 4.88. The summed E-state index contributed by atoms with van der Waals surface area (Å²) in [6.45, 7) is 0.716. The number of nitrogens with one attached hydrogen (secondary N) is 1. The highest BCUT2D eigenvalue weighted by atomic mass is 16.5. The summed E-state index contributed by atoms with van der Waals surface area (Å²) in [5.74, 6) is 0.722. The van der Waals surface area contributed by atoms with Crippen molar-refractivity contribution >= 4 is 6.21 Å². The van der Waals surface area contributed by atoms with Gasteiger partial charge in [-0.1, -0.05) is 0 Å². The third-order valence-corrected chi connectivity index (χ3v) is 1.50. The lowest BCUT2D eigenvalue weighted by Gasteiger charge is -1.97. The Balaban J connectivity index is 2.68. The second-order valence-electron chi connectivity index (χ2n) is 2.16. The maximum absolute atomic E-state index is 10.8. The zero-order valence-corrected chi connectivity index (χ0v) is 5.26. The van der Waals surface area contributed by atoms with Gasteiger partial charge in [-0.15, -0.1) is 0 Å². The van der Waals surface area contributed by atoms with Crippen molar-refractivity contribution in [3.63, 3.8) is 0 Å². The van der Waals surface area contributed by atoms with E-state index in [1.165, 1.54) is 0 Å². The van der Waals surface area contributed by atoms with E-state index in [-0.39, 0.29) is 5.56 Å². The van der Waals surface area contributed by atoms with Crippen LogP contribution < -0.4 is 5.56 Å². The van der Waals surface area contributed by atoms with Crippen molar-refractivity contribution < 1.29 is 4.52 Å². The molecule has 4 heteroatoms. The van der Waals surface area contributed by atoms with E-state index in [1.54, 1.807) is 6.21 Å². The molecule has 2 heterocycles. The quantitative estimate of drug-likeness (QED) is 0.546. The third kappa shape index (κ3) is 0.618. The number of aromatic amines is 1. The lowest BCUT2D eigenvalue weighted by Crippen LogP contribution is -2.09. The fourth-order valence-electron chi connectivity index (χ4n) is 0.983. The summed E-state index contributed by atoms with van der Waals surface area (Å²) in [6.07, 6.45) is 2.28. The largest absolute Gasteiger partial charge is 0.383 e. The fourth-order valence-corrected chi connectivity index (χ4v) is 0.983. The Morgan fingerprint density at radius 1 is 1.70 bits per heavy atom. The predicted molar refractivity (Wildman–Crippen MR) is 35.5 cm³/mol. The average molecular weight is 138 g/mol. The Hall–Kier alpha value is -1.32. The van der Waals surface area contributed by atoms with Gasteiger partial charge in [0.05, 0.1) is 0 Å². The van der Waals surface area contributed by atoms with Crippen LogP contribution in [0.4, 0.5) is 0 Å². The molecule has 0 fully saturated rings. The number of fused-ring (bicyclic) bond motifs is 1. The molecule has 1 aromatic heterocycles. The Morgan fingerprint density at radius 2 is 2.60 bits per heavy atom. The molecule has 1 aromatic rings. The van der Waals surface area contributed by atoms with Crippen molar-refractivity contribution in [1.29, 1.82) is 0 Å². The van der Waals surface area contributed by atoms with Crippen molar-refractivity contribution in [2.75, 3.05) is 6.54 Å². The fraction of sp³-hybridized carbons (Fsp3) is 0.333. The number of H-pyrrole nitrogens is 1. The van der Waals surface area contributed by atoms with Gasteiger partial charge in [0.15, 0.2) is 0 Å². The Labute approximate surface area is 56.5 Å². The SMILES string of the molecule is O=c1[nH]oc2c1C=NCC2. The lowest BCUT2D eigenvalue weighted by molar-refractivity contribution is 0.379. The van der Waals surface area contributed by atoms with Crippen LogP contribution in [0.5, 0.6) is 0 Å². The molecule has 0 amide bonds. The second kappa shape index (κ2) is 1.83. The third-order valence-electron chi connectivity index (χ3n) is 1.50. The van der Waals surface area contributed by atoms with Crippen molar-refractivity contribution in [1.82, 2.24) is 5.16 Å². The van der Waals surface area contributed by atoms with Crippen LogP contribution in [0.15, 0.2) is 14.3 Å². The molecule has 1 aliphatic heterocycles. The van der Waals surface area contributed by atoms with Gasteiger partial charge in [0, 0.05) is 19.2 Å². The number of hydrogen-bond donors (Lipinski definition) is 1. The minimum Gasteiger partial charge on any atom is -0.383 e. The van der Waals surface area contributed by atoms with Gasteiger partial charge in [-0.25, -0.2) is 0 Å². The number of hydrogen-bond acceptors (Lipinski definition) is 3. The van der Waals surface area contributed by atoms with Gasteiger partial charge in [0.2, 0.25) is 0 Å². The summed E-state index contributed by atoms with van der Waals surface area (Å²) in [6, 6.07) is 0. The Kier molecular flexibility index (Phi) is 1.00. The van der Waals surface area contributed by atoms with Gasteiger partial charge in [0.25, 0.3) is 5.56 Å². The maximum Gasteiger partial charge on any atom is 0.288 e. The number of rotatable bonds is 0. The molecule has 4 nitrogen and oxygen atoms in total. The Bertz CT molecular complexity index is 321. The summed E-state index contributed by atoms with van der Waals surface area (Å²) in [7, 11) is 0. The van der Waals surface area contributed by atoms with Crippen LogP contribution >= 0.6 is 0 Å². The zero-order valence-electron chi connectivity index (χ0n) is 5.26. The van der Waals surface area contributed by atoms with Crippen molar-refractivity contribution in [2.45, 2.75) is 6.42 Å². The molecule has 52 valence electrons. The summed E-state index contributed by atoms with van der Waals surface area (Å²) in [5, 5.41) is 2.26. The molecular weight excluding hydrogens is 132 g/mol. The van der Waals surface area contributed by atoms with Gasteiger partial charge in [-0.3, -0.25) is 9.79 Å². The number of nitrogens with zero attached hydrogens (tertiary/aromatic N) is 1. The normalized spacial score (nSPS) is 15.2. The van der Waals surface area contributed by atoms with Gasteiger partial charge >= 0.3 is 0 Å². The van der Waals surface area contributed by atoms with Gasteiger partial charge in [-0.2, -0.15) is 5.16 Å². The Morgan fingerprint density at radius 3 is 3.40 bits per heavy atom. The highest BCUT2D eigenvalue weighted by molar-refractivity contribution is 5.81. The molecule has 10 heavy (non-hydrogen) atoms. The number of aromatic nitrogens is 1. The molecule has 0 atom stereocenters. The highest BCUT2D eigenvalue weighted by Crippen LogP contribution is 2.05. The minimum atomic E-state index is -0.182. The zero-order chi connectivity index (χ0) is 6.97. The first kappa shape index (κ1) is 5.46. The summed E-state index contributed by atoms with van der Waals surface area (Å²) >= 11 is 0. The molecule has 0 unspecified atom stereocenters. The summed E-state index contributed by atoms with van der Waals surface area (Å²) in [4.78, 5) is 14.8. The smallest absolute Gasteiger partial charge is 0.288 e. The van der Waals surface area contributed by atoms with Crippen LogP contribution in [-0.4, -0.2) is 17.9 Å². The molecule has 1 aliphatic rings. The van der Waals surface area contributed by atoms with Crippen LogP contribution in [0.2, 0.25) is 0 Å². The van der Waals surface area contributed by atoms with E-state index in [9.17, 15) is 4.79 Å². The van der Waals surface area contributed by atoms with E-state index in [1.807, 2.05) is 0 Å². The number of aliphatic imine (C=N–C) groups is 1. The average Bonchev–Trinajstić information content (AvgIpc) is 2.34. The molecule has 0 spiro atoms. The van der Waals surface area contributed by atoms with E-state index >= 15 is 0 Å². The van der Waals surface area contributed by atoms with E-state index in [2.05, 4.69) is 10.1 Å². The first-order valence-electron chi connectivity index (χ1n) is 3.08. The van der Waals surface area contributed by atoms with Crippen LogP contribution in [-0.2, 0) is 6.42 Å². The molecular formula is C6H6N2O2. The maximum atomic E-state index is 10.8. The topological polar surface area (TPSA) is 58.4 Å². The molecule has 2 rings (SSSR count). The van der Waals surface area contributed by atoms with Crippen molar-refractivity contribution in [3.8, 4) is 0 Å².